The fourth-order valence-corrected chi connectivity index (χ4v) is 3.01. The van der Waals surface area contributed by atoms with Gasteiger partial charge in [-0.05, 0) is 59.1 Å². The maximum atomic E-state index is 12.9. The lowest BCUT2D eigenvalue weighted by Crippen LogP contribution is -2.33. The molecule has 1 aliphatic carbocycles. The summed E-state index contributed by atoms with van der Waals surface area (Å²) in [5, 5.41) is 0. The third-order valence-corrected chi connectivity index (χ3v) is 4.65. The van der Waals surface area contributed by atoms with Crippen LogP contribution in [0.15, 0.2) is 51.5 Å². The van der Waals surface area contributed by atoms with E-state index < -0.39 is 0 Å². The van der Waals surface area contributed by atoms with Crippen molar-refractivity contribution in [3.8, 4) is 0 Å². The Morgan fingerprint density at radius 2 is 2.05 bits per heavy atom. The van der Waals surface area contributed by atoms with Gasteiger partial charge in [-0.3, -0.25) is 9.78 Å². The molecule has 1 aromatic carbocycles. The molecular formula is C16H14Br2N2O. The molecular weight excluding hydrogens is 396 g/mol. The van der Waals surface area contributed by atoms with Gasteiger partial charge in [0.25, 0.3) is 5.91 Å². The monoisotopic (exact) mass is 408 g/mol. The first-order valence-corrected chi connectivity index (χ1v) is 8.39. The van der Waals surface area contributed by atoms with Gasteiger partial charge in [-0.2, -0.15) is 0 Å². The number of carbonyl (C=O) groups excluding carboxylic acids is 1. The second kappa shape index (κ2) is 6.28. The Labute approximate surface area is 140 Å². The maximum absolute atomic E-state index is 12.9. The number of nitrogens with zero attached hydrogens (tertiary/aromatic N) is 2. The van der Waals surface area contributed by atoms with Gasteiger partial charge in [0, 0.05) is 21.2 Å². The highest BCUT2D eigenvalue weighted by atomic mass is 79.9. The molecule has 0 spiro atoms. The van der Waals surface area contributed by atoms with Crippen LogP contribution in [0.4, 0.5) is 0 Å². The lowest BCUT2D eigenvalue weighted by atomic mass is 10.2. The Kier molecular flexibility index (Phi) is 4.40. The normalized spacial score (nSPS) is 14.0. The Morgan fingerprint density at radius 3 is 2.71 bits per heavy atom. The minimum atomic E-state index is 0.0522. The molecule has 1 heterocycles. The summed E-state index contributed by atoms with van der Waals surface area (Å²) in [6.45, 7) is 0.559. The Hall–Kier alpha value is -1.20. The van der Waals surface area contributed by atoms with Crippen molar-refractivity contribution >= 4 is 37.8 Å². The molecule has 5 heteroatoms. The van der Waals surface area contributed by atoms with Crippen molar-refractivity contribution in [1.29, 1.82) is 0 Å². The molecule has 3 nitrogen and oxygen atoms in total. The lowest BCUT2D eigenvalue weighted by Gasteiger charge is -2.23. The zero-order chi connectivity index (χ0) is 14.8. The van der Waals surface area contributed by atoms with Crippen molar-refractivity contribution in [1.82, 2.24) is 9.88 Å². The van der Waals surface area contributed by atoms with Crippen LogP contribution in [0.5, 0.6) is 0 Å². The van der Waals surface area contributed by atoms with Crippen molar-refractivity contribution in [2.45, 2.75) is 25.4 Å². The smallest absolute Gasteiger partial charge is 0.255 e. The molecule has 1 aromatic heterocycles. The van der Waals surface area contributed by atoms with Crippen molar-refractivity contribution in [2.75, 3.05) is 0 Å². The molecule has 0 radical (unpaired) electrons. The topological polar surface area (TPSA) is 33.2 Å². The molecule has 0 unspecified atom stereocenters. The summed E-state index contributed by atoms with van der Waals surface area (Å²) in [6.07, 6.45) is 3.91. The van der Waals surface area contributed by atoms with Crippen LogP contribution in [0.2, 0.25) is 0 Å². The van der Waals surface area contributed by atoms with E-state index in [0.717, 1.165) is 27.5 Å². The van der Waals surface area contributed by atoms with E-state index in [9.17, 15) is 4.79 Å². The Balaban J connectivity index is 1.87. The molecule has 21 heavy (non-hydrogen) atoms. The quantitative estimate of drug-likeness (QED) is 0.749. The number of halogens is 2. The lowest BCUT2D eigenvalue weighted by molar-refractivity contribution is 0.0726. The van der Waals surface area contributed by atoms with Crippen LogP contribution in [0.25, 0.3) is 0 Å². The van der Waals surface area contributed by atoms with Gasteiger partial charge >= 0.3 is 0 Å². The van der Waals surface area contributed by atoms with Crippen LogP contribution in [-0.4, -0.2) is 21.8 Å². The van der Waals surface area contributed by atoms with Crippen LogP contribution >= 0.6 is 31.9 Å². The molecule has 1 amide bonds. The largest absolute Gasteiger partial charge is 0.330 e. The van der Waals surface area contributed by atoms with Crippen molar-refractivity contribution < 1.29 is 4.79 Å². The molecule has 1 saturated carbocycles. The number of rotatable bonds is 4. The predicted molar refractivity (Wildman–Crippen MR) is 89.0 cm³/mol. The number of hydrogen-bond donors (Lipinski definition) is 0. The van der Waals surface area contributed by atoms with Crippen LogP contribution in [-0.2, 0) is 6.54 Å². The van der Waals surface area contributed by atoms with Gasteiger partial charge in [0.15, 0.2) is 0 Å². The number of benzene rings is 1. The fourth-order valence-electron chi connectivity index (χ4n) is 2.24. The van der Waals surface area contributed by atoms with E-state index in [2.05, 4.69) is 36.8 Å². The molecule has 0 atom stereocenters. The van der Waals surface area contributed by atoms with E-state index in [1.165, 1.54) is 0 Å². The van der Waals surface area contributed by atoms with Gasteiger partial charge < -0.3 is 4.90 Å². The van der Waals surface area contributed by atoms with Gasteiger partial charge in [0.1, 0.15) is 0 Å². The van der Waals surface area contributed by atoms with E-state index in [4.69, 9.17) is 0 Å². The summed E-state index contributed by atoms with van der Waals surface area (Å²) in [6, 6.07) is 11.8. The number of carbonyl (C=O) groups is 1. The molecule has 1 aliphatic rings. The standard InChI is InChI=1S/C16H14Br2N2O/c17-11-4-7-15(18)14(9-11)16(21)20(13-5-6-13)10-12-3-1-2-8-19-12/h1-4,7-9,13H,5-6,10H2. The van der Waals surface area contributed by atoms with Crippen LogP contribution in [0, 0.1) is 0 Å². The first-order valence-electron chi connectivity index (χ1n) is 6.81. The second-order valence-corrected chi connectivity index (χ2v) is 6.88. The Morgan fingerprint density at radius 1 is 1.24 bits per heavy atom. The highest BCUT2D eigenvalue weighted by Gasteiger charge is 2.34. The van der Waals surface area contributed by atoms with E-state index in [1.807, 2.05) is 41.3 Å². The zero-order valence-corrected chi connectivity index (χ0v) is 14.5. The minimum absolute atomic E-state index is 0.0522. The number of amides is 1. The molecule has 1 fully saturated rings. The average molecular weight is 410 g/mol. The summed E-state index contributed by atoms with van der Waals surface area (Å²) in [4.78, 5) is 19.1. The van der Waals surface area contributed by atoms with E-state index >= 15 is 0 Å². The first-order chi connectivity index (χ1) is 10.1. The molecule has 0 saturated heterocycles. The summed E-state index contributed by atoms with van der Waals surface area (Å²) in [7, 11) is 0. The molecule has 0 bridgehead atoms. The van der Waals surface area contributed by atoms with Gasteiger partial charge in [0.05, 0.1) is 17.8 Å². The zero-order valence-electron chi connectivity index (χ0n) is 11.3. The highest BCUT2D eigenvalue weighted by Crippen LogP contribution is 2.31. The summed E-state index contributed by atoms with van der Waals surface area (Å²) < 4.78 is 1.73. The molecule has 0 N–H and O–H groups in total. The summed E-state index contributed by atoms with van der Waals surface area (Å²) in [5.74, 6) is 0.0522. The van der Waals surface area contributed by atoms with E-state index in [1.54, 1.807) is 6.20 Å². The van der Waals surface area contributed by atoms with Gasteiger partial charge in [0.2, 0.25) is 0 Å². The van der Waals surface area contributed by atoms with Gasteiger partial charge in [-0.1, -0.05) is 22.0 Å². The molecule has 3 rings (SSSR count). The predicted octanol–water partition coefficient (Wildman–Crippen LogP) is 4.41. The van der Waals surface area contributed by atoms with Crippen LogP contribution in [0.1, 0.15) is 28.9 Å². The van der Waals surface area contributed by atoms with Gasteiger partial charge in [-0.25, -0.2) is 0 Å². The van der Waals surface area contributed by atoms with Gasteiger partial charge in [-0.15, -0.1) is 0 Å². The van der Waals surface area contributed by atoms with Crippen LogP contribution < -0.4 is 0 Å². The van der Waals surface area contributed by atoms with Crippen molar-refractivity contribution in [3.05, 3.63) is 62.8 Å². The average Bonchev–Trinajstić information content (AvgIpc) is 3.32. The number of aromatic nitrogens is 1. The minimum Gasteiger partial charge on any atom is -0.330 e. The third-order valence-electron chi connectivity index (χ3n) is 3.47. The third kappa shape index (κ3) is 3.52. The number of pyridine rings is 1. The SMILES string of the molecule is O=C(c1cc(Br)ccc1Br)N(Cc1ccccn1)C1CC1. The van der Waals surface area contributed by atoms with E-state index in [-0.39, 0.29) is 5.91 Å². The maximum Gasteiger partial charge on any atom is 0.255 e. The van der Waals surface area contributed by atoms with Crippen molar-refractivity contribution in [2.24, 2.45) is 0 Å². The van der Waals surface area contributed by atoms with Crippen molar-refractivity contribution in [3.63, 3.8) is 0 Å². The molecule has 2 aromatic rings. The number of hydrogen-bond acceptors (Lipinski definition) is 2. The molecule has 108 valence electrons. The molecule has 0 aliphatic heterocycles. The summed E-state index contributed by atoms with van der Waals surface area (Å²) >= 11 is 6.90. The van der Waals surface area contributed by atoms with Crippen LogP contribution in [0.3, 0.4) is 0 Å². The Bertz CT molecular complexity index is 657. The first kappa shape index (κ1) is 14.7. The summed E-state index contributed by atoms with van der Waals surface area (Å²) in [5.41, 5.74) is 1.61. The highest BCUT2D eigenvalue weighted by molar-refractivity contribution is 9.11. The van der Waals surface area contributed by atoms with E-state index in [0.29, 0.717) is 18.2 Å². The fraction of sp³-hybridized carbons (Fsp3) is 0.250. The second-order valence-electron chi connectivity index (χ2n) is 5.11.